The molecule has 5 aromatic rings. The Morgan fingerprint density at radius 3 is 2.29 bits per heavy atom. The van der Waals surface area contributed by atoms with Crippen molar-refractivity contribution in [3.63, 3.8) is 0 Å². The number of carbonyl (C=O) groups excluding carboxylic acids is 1. The number of rotatable bonds is 1. The summed E-state index contributed by atoms with van der Waals surface area (Å²) in [5.74, 6) is -0.0600. The number of aromatic nitrogens is 2. The van der Waals surface area contributed by atoms with E-state index in [0.717, 1.165) is 54.7 Å². The van der Waals surface area contributed by atoms with Crippen molar-refractivity contribution >= 4 is 49.5 Å². The lowest BCUT2D eigenvalue weighted by atomic mass is 9.87. The average Bonchev–Trinajstić information content (AvgIpc) is 3.50. The normalized spacial score (nSPS) is 29.6. The summed E-state index contributed by atoms with van der Waals surface area (Å²) in [4.78, 5) is 13.2. The van der Waals surface area contributed by atoms with Gasteiger partial charge in [0.15, 0.2) is 5.72 Å². The lowest BCUT2D eigenvalue weighted by Gasteiger charge is -2.38. The number of nitrogens with one attached hydrogen (secondary N) is 1. The molecule has 1 amide bonds. The standard InChI is InChI=1S/C27H23N3O4/c1-25-12-27(33,13-31)26(2,34-25)30-18-10-6-3-7-14(18)19-16-11-28-24(32)21(16)20-15-8-4-5-9-17(15)29(25)23(20)22(19)30/h3-10,31,33H,11-13H2,1-2H3,(H,28,32)/t25-,26+,27+/m1/s1. The minimum atomic E-state index is -1.51. The lowest BCUT2D eigenvalue weighted by Crippen LogP contribution is -2.53. The second kappa shape index (κ2) is 5.46. The Bertz CT molecular complexity index is 1780. The van der Waals surface area contributed by atoms with Crippen molar-refractivity contribution in [2.75, 3.05) is 6.61 Å². The van der Waals surface area contributed by atoms with E-state index in [2.05, 4.69) is 26.6 Å². The Balaban J connectivity index is 1.79. The quantitative estimate of drug-likeness (QED) is 0.362. The highest BCUT2D eigenvalue weighted by Crippen LogP contribution is 2.59. The largest absolute Gasteiger partial charge is 0.393 e. The Hall–Kier alpha value is -3.39. The molecule has 5 heterocycles. The highest BCUT2D eigenvalue weighted by Gasteiger charge is 2.65. The first-order valence-corrected chi connectivity index (χ1v) is 11.7. The average molecular weight is 453 g/mol. The van der Waals surface area contributed by atoms with E-state index >= 15 is 0 Å². The number of fused-ring (bicyclic) bond motifs is 13. The highest BCUT2D eigenvalue weighted by molar-refractivity contribution is 6.31. The van der Waals surface area contributed by atoms with Gasteiger partial charge in [-0.2, -0.15) is 0 Å². The van der Waals surface area contributed by atoms with Crippen molar-refractivity contribution in [3.05, 3.63) is 59.7 Å². The van der Waals surface area contributed by atoms with Gasteiger partial charge in [-0.3, -0.25) is 4.79 Å². The van der Waals surface area contributed by atoms with Gasteiger partial charge in [-0.25, -0.2) is 0 Å². The molecule has 0 spiro atoms. The minimum Gasteiger partial charge on any atom is -0.393 e. The summed E-state index contributed by atoms with van der Waals surface area (Å²) in [6.07, 6.45) is 0.206. The van der Waals surface area contributed by atoms with Crippen LogP contribution >= 0.6 is 0 Å². The van der Waals surface area contributed by atoms with Crippen molar-refractivity contribution < 1.29 is 19.7 Å². The van der Waals surface area contributed by atoms with Crippen molar-refractivity contribution in [1.29, 1.82) is 0 Å². The summed E-state index contributed by atoms with van der Waals surface area (Å²) in [5.41, 5.74) is 1.74. The number of aliphatic hydroxyl groups excluding tert-OH is 1. The van der Waals surface area contributed by atoms with Crippen LogP contribution in [0.25, 0.3) is 43.6 Å². The fraction of sp³-hybridized carbons (Fsp3) is 0.296. The van der Waals surface area contributed by atoms with Crippen LogP contribution in [0, 0.1) is 0 Å². The predicted molar refractivity (Wildman–Crippen MR) is 129 cm³/mol. The fourth-order valence-electron chi connectivity index (χ4n) is 7.23. The first-order chi connectivity index (χ1) is 16.3. The Kier molecular flexibility index (Phi) is 3.05. The molecule has 0 saturated carbocycles. The van der Waals surface area contributed by atoms with Gasteiger partial charge >= 0.3 is 0 Å². The van der Waals surface area contributed by atoms with Crippen LogP contribution in [0.2, 0.25) is 0 Å². The second-order valence-electron chi connectivity index (χ2n) is 10.3. The molecule has 3 atom stereocenters. The van der Waals surface area contributed by atoms with Crippen LogP contribution < -0.4 is 5.32 Å². The number of amides is 1. The third-order valence-corrected chi connectivity index (χ3v) is 8.54. The highest BCUT2D eigenvalue weighted by atomic mass is 16.6. The number of carbonyl (C=O) groups is 1. The van der Waals surface area contributed by atoms with Crippen molar-refractivity contribution in [3.8, 4) is 0 Å². The molecule has 2 bridgehead atoms. The van der Waals surface area contributed by atoms with Crippen LogP contribution in [0.1, 0.15) is 36.2 Å². The maximum atomic E-state index is 13.2. The van der Waals surface area contributed by atoms with Gasteiger partial charge in [-0.15, -0.1) is 0 Å². The molecule has 3 aromatic carbocycles. The van der Waals surface area contributed by atoms with Crippen LogP contribution in [0.3, 0.4) is 0 Å². The van der Waals surface area contributed by atoms with Crippen LogP contribution in [-0.4, -0.2) is 37.5 Å². The first-order valence-electron chi connectivity index (χ1n) is 11.7. The summed E-state index contributed by atoms with van der Waals surface area (Å²) >= 11 is 0. The van der Waals surface area contributed by atoms with Gasteiger partial charge in [0, 0.05) is 34.5 Å². The first kappa shape index (κ1) is 19.0. The van der Waals surface area contributed by atoms with E-state index in [1.165, 1.54) is 0 Å². The third-order valence-electron chi connectivity index (χ3n) is 8.54. The van der Waals surface area contributed by atoms with Gasteiger partial charge < -0.3 is 29.4 Å². The van der Waals surface area contributed by atoms with E-state index in [0.29, 0.717) is 6.54 Å². The molecule has 1 saturated heterocycles. The molecule has 3 aliphatic heterocycles. The number of aliphatic hydroxyl groups is 2. The summed E-state index contributed by atoms with van der Waals surface area (Å²) in [6.45, 7) is 3.86. The molecule has 1 fully saturated rings. The van der Waals surface area contributed by atoms with Gasteiger partial charge in [-0.05, 0) is 31.5 Å². The molecule has 2 aromatic heterocycles. The summed E-state index contributed by atoms with van der Waals surface area (Å²) in [7, 11) is 0. The SMILES string of the molecule is C[C@]12C[C@](O)(CO)[C@](C)(O1)n1c3ccccc3c3c4c(c5c6ccccc6n2c5c31)C(=O)NC4. The lowest BCUT2D eigenvalue weighted by molar-refractivity contribution is -0.212. The molecule has 3 aliphatic rings. The van der Waals surface area contributed by atoms with Crippen LogP contribution in [0.15, 0.2) is 48.5 Å². The van der Waals surface area contributed by atoms with E-state index in [-0.39, 0.29) is 12.3 Å². The summed E-state index contributed by atoms with van der Waals surface area (Å²) in [5, 5.41) is 29.4. The number of ether oxygens (including phenoxy) is 1. The molecular weight excluding hydrogens is 430 g/mol. The Labute approximate surface area is 194 Å². The number of hydrogen-bond acceptors (Lipinski definition) is 4. The summed E-state index contributed by atoms with van der Waals surface area (Å²) < 4.78 is 11.1. The monoisotopic (exact) mass is 453 g/mol. The van der Waals surface area contributed by atoms with Gasteiger partial charge in [0.1, 0.15) is 11.3 Å². The maximum absolute atomic E-state index is 13.2. The molecule has 34 heavy (non-hydrogen) atoms. The molecule has 7 heteroatoms. The van der Waals surface area contributed by atoms with Gasteiger partial charge in [0.25, 0.3) is 5.91 Å². The van der Waals surface area contributed by atoms with E-state index in [1.807, 2.05) is 50.2 Å². The number of benzene rings is 3. The van der Waals surface area contributed by atoms with Crippen LogP contribution in [-0.2, 0) is 22.7 Å². The summed E-state index contributed by atoms with van der Waals surface area (Å²) in [6, 6.07) is 16.1. The second-order valence-corrected chi connectivity index (χ2v) is 10.3. The molecule has 170 valence electrons. The Morgan fingerprint density at radius 2 is 1.59 bits per heavy atom. The van der Waals surface area contributed by atoms with Gasteiger partial charge in [-0.1, -0.05) is 36.4 Å². The molecule has 3 N–H and O–H groups in total. The predicted octanol–water partition coefficient (Wildman–Crippen LogP) is 3.65. The minimum absolute atomic E-state index is 0.0600. The molecule has 0 radical (unpaired) electrons. The third kappa shape index (κ3) is 1.75. The molecule has 0 unspecified atom stereocenters. The van der Waals surface area contributed by atoms with E-state index < -0.39 is 23.7 Å². The molecule has 0 aliphatic carbocycles. The zero-order chi connectivity index (χ0) is 23.2. The van der Waals surface area contributed by atoms with Crippen molar-refractivity contribution in [2.24, 2.45) is 0 Å². The molecule has 8 rings (SSSR count). The van der Waals surface area contributed by atoms with Crippen molar-refractivity contribution in [2.45, 2.75) is 43.9 Å². The zero-order valence-corrected chi connectivity index (χ0v) is 18.8. The molecule has 7 nitrogen and oxygen atoms in total. The Morgan fingerprint density at radius 1 is 0.971 bits per heavy atom. The fourth-order valence-corrected chi connectivity index (χ4v) is 7.23. The number of nitrogens with zero attached hydrogens (tertiary/aromatic N) is 2. The van der Waals surface area contributed by atoms with Gasteiger partial charge in [0.2, 0.25) is 0 Å². The smallest absolute Gasteiger partial charge is 0.252 e. The van der Waals surface area contributed by atoms with Gasteiger partial charge in [0.05, 0.1) is 34.2 Å². The maximum Gasteiger partial charge on any atom is 0.252 e. The van der Waals surface area contributed by atoms with E-state index in [1.54, 1.807) is 0 Å². The van der Waals surface area contributed by atoms with E-state index in [4.69, 9.17) is 4.74 Å². The van der Waals surface area contributed by atoms with Crippen molar-refractivity contribution in [1.82, 2.24) is 14.5 Å². The number of para-hydroxylation sites is 2. The van der Waals surface area contributed by atoms with E-state index in [9.17, 15) is 15.0 Å². The zero-order valence-electron chi connectivity index (χ0n) is 18.8. The van der Waals surface area contributed by atoms with Crippen LogP contribution in [0.4, 0.5) is 0 Å². The number of hydrogen-bond donors (Lipinski definition) is 3. The van der Waals surface area contributed by atoms with Crippen LogP contribution in [0.5, 0.6) is 0 Å². The molecular formula is C27H23N3O4. The topological polar surface area (TPSA) is 88.7 Å².